The van der Waals surface area contributed by atoms with Crippen LogP contribution < -0.4 is 5.69 Å². The van der Waals surface area contributed by atoms with Gasteiger partial charge in [0.1, 0.15) is 0 Å². The highest BCUT2D eigenvalue weighted by atomic mass is 32.2. The maximum absolute atomic E-state index is 12.6. The summed E-state index contributed by atoms with van der Waals surface area (Å²) < 4.78 is 25.3. The number of aromatic nitrogens is 2. The zero-order chi connectivity index (χ0) is 13.9. The molecular weight excluding hydrogens is 276 g/mol. The first kappa shape index (κ1) is 11.4. The molecule has 4 rings (SSSR count). The first-order valence-electron chi connectivity index (χ1n) is 5.96. The van der Waals surface area contributed by atoms with E-state index in [1.807, 2.05) is 0 Å². The molecule has 2 aromatic carbocycles. The van der Waals surface area contributed by atoms with Gasteiger partial charge in [-0.15, -0.1) is 0 Å². The number of hydrogen-bond donors (Lipinski definition) is 1. The Morgan fingerprint density at radius 2 is 1.70 bits per heavy atom. The van der Waals surface area contributed by atoms with Gasteiger partial charge in [0.2, 0.25) is 9.84 Å². The lowest BCUT2D eigenvalue weighted by Gasteiger charge is -2.19. The molecule has 0 saturated carbocycles. The Hall–Kier alpha value is -2.47. The molecule has 98 valence electrons. The minimum atomic E-state index is -3.58. The zero-order valence-electron chi connectivity index (χ0n) is 10.1. The second-order valence-corrected chi connectivity index (χ2v) is 6.46. The van der Waals surface area contributed by atoms with Crippen LogP contribution in [0.2, 0.25) is 0 Å². The topological polar surface area (TPSA) is 79.9 Å². The van der Waals surface area contributed by atoms with E-state index >= 15 is 0 Å². The van der Waals surface area contributed by atoms with Gasteiger partial charge < -0.3 is 4.98 Å². The van der Waals surface area contributed by atoms with E-state index in [4.69, 9.17) is 0 Å². The third-order valence-electron chi connectivity index (χ3n) is 3.44. The maximum Gasteiger partial charge on any atom is 0.345 e. The highest BCUT2D eigenvalue weighted by molar-refractivity contribution is 7.92. The van der Waals surface area contributed by atoms with Crippen LogP contribution in [0.15, 0.2) is 57.1 Å². The van der Waals surface area contributed by atoms with Crippen LogP contribution in [0.5, 0.6) is 0 Å². The van der Waals surface area contributed by atoms with Crippen molar-refractivity contribution in [2.75, 3.05) is 0 Å². The molecule has 0 amide bonds. The van der Waals surface area contributed by atoms with Crippen LogP contribution in [0.3, 0.4) is 0 Å². The summed E-state index contributed by atoms with van der Waals surface area (Å²) in [6, 6.07) is 11.4. The number of H-pyrrole nitrogens is 1. The second-order valence-electron chi connectivity index (χ2n) is 4.57. The number of benzene rings is 2. The molecule has 1 N–H and O–H groups in total. The number of nitrogens with one attached hydrogen (secondary N) is 1. The largest absolute Gasteiger partial charge is 0.345 e. The maximum atomic E-state index is 12.6. The van der Waals surface area contributed by atoms with Crippen molar-refractivity contribution in [3.8, 4) is 11.3 Å². The third kappa shape index (κ3) is 1.28. The van der Waals surface area contributed by atoms with E-state index in [-0.39, 0.29) is 9.79 Å². The lowest BCUT2D eigenvalue weighted by atomic mass is 10.1. The number of rotatable bonds is 0. The van der Waals surface area contributed by atoms with Crippen molar-refractivity contribution in [3.63, 3.8) is 0 Å². The molecule has 0 unspecified atom stereocenters. The van der Waals surface area contributed by atoms with E-state index in [0.717, 1.165) is 0 Å². The van der Waals surface area contributed by atoms with Gasteiger partial charge in [-0.05, 0) is 18.2 Å². The summed E-state index contributed by atoms with van der Waals surface area (Å²) >= 11 is 0. The molecule has 1 aromatic heterocycles. The first-order valence-corrected chi connectivity index (χ1v) is 7.45. The highest BCUT2D eigenvalue weighted by Crippen LogP contribution is 2.41. The van der Waals surface area contributed by atoms with Crippen LogP contribution in [-0.2, 0) is 9.84 Å². The standard InChI is InChI=1S/C14H8N2O3S/c17-14-15-9-5-3-7-11-12(9)13(16-14)8-4-1-2-6-10(8)20(11,18)19/h1-7H,(H,15,16,17). The Morgan fingerprint density at radius 1 is 0.950 bits per heavy atom. The molecule has 1 aliphatic rings. The molecule has 0 saturated heterocycles. The molecule has 0 fully saturated rings. The van der Waals surface area contributed by atoms with Crippen LogP contribution in [0.4, 0.5) is 0 Å². The smallest absolute Gasteiger partial charge is 0.305 e. The van der Waals surface area contributed by atoms with Gasteiger partial charge in [-0.2, -0.15) is 4.98 Å². The second kappa shape index (κ2) is 3.55. The number of nitrogens with zero attached hydrogens (tertiary/aromatic N) is 1. The van der Waals surface area contributed by atoms with Gasteiger partial charge in [0.15, 0.2) is 0 Å². The van der Waals surface area contributed by atoms with Gasteiger partial charge in [0.25, 0.3) is 0 Å². The molecule has 1 aliphatic heterocycles. The van der Waals surface area contributed by atoms with Crippen molar-refractivity contribution in [1.29, 1.82) is 0 Å². The molecule has 20 heavy (non-hydrogen) atoms. The Kier molecular flexibility index (Phi) is 2.01. The van der Waals surface area contributed by atoms with Crippen molar-refractivity contribution in [2.45, 2.75) is 9.79 Å². The van der Waals surface area contributed by atoms with Crippen molar-refractivity contribution in [1.82, 2.24) is 9.97 Å². The van der Waals surface area contributed by atoms with E-state index in [0.29, 0.717) is 22.2 Å². The van der Waals surface area contributed by atoms with E-state index in [2.05, 4.69) is 9.97 Å². The molecule has 5 nitrogen and oxygen atoms in total. The Balaban J connectivity index is 2.38. The van der Waals surface area contributed by atoms with Crippen LogP contribution in [0, 0.1) is 0 Å². The summed E-state index contributed by atoms with van der Waals surface area (Å²) in [5.74, 6) is 0. The zero-order valence-corrected chi connectivity index (χ0v) is 10.9. The van der Waals surface area contributed by atoms with Crippen molar-refractivity contribution in [2.24, 2.45) is 0 Å². The summed E-state index contributed by atoms with van der Waals surface area (Å²) in [6.07, 6.45) is 0. The highest BCUT2D eigenvalue weighted by Gasteiger charge is 2.31. The average Bonchev–Trinajstić information content (AvgIpc) is 2.44. The van der Waals surface area contributed by atoms with Crippen molar-refractivity contribution in [3.05, 3.63) is 52.9 Å². The fourth-order valence-corrected chi connectivity index (χ4v) is 4.30. The van der Waals surface area contributed by atoms with E-state index < -0.39 is 15.5 Å². The molecule has 0 radical (unpaired) electrons. The molecular formula is C14H8N2O3S. The van der Waals surface area contributed by atoms with Crippen molar-refractivity contribution < 1.29 is 8.42 Å². The number of sulfone groups is 1. The lowest BCUT2D eigenvalue weighted by Crippen LogP contribution is -2.17. The molecule has 0 atom stereocenters. The molecule has 2 heterocycles. The van der Waals surface area contributed by atoms with E-state index in [1.165, 1.54) is 12.1 Å². The molecule has 6 heteroatoms. The van der Waals surface area contributed by atoms with E-state index in [9.17, 15) is 13.2 Å². The van der Waals surface area contributed by atoms with Gasteiger partial charge in [-0.1, -0.05) is 24.3 Å². The first-order chi connectivity index (χ1) is 9.59. The fraction of sp³-hybridized carbons (Fsp3) is 0. The third-order valence-corrected chi connectivity index (χ3v) is 5.29. The van der Waals surface area contributed by atoms with Gasteiger partial charge in [-0.3, -0.25) is 0 Å². The van der Waals surface area contributed by atoms with Crippen LogP contribution >= 0.6 is 0 Å². The average molecular weight is 284 g/mol. The molecule has 3 aromatic rings. The van der Waals surface area contributed by atoms with Gasteiger partial charge in [0, 0.05) is 10.9 Å². The lowest BCUT2D eigenvalue weighted by molar-refractivity contribution is 0.596. The number of fused-ring (bicyclic) bond motifs is 2. The predicted octanol–water partition coefficient (Wildman–Crippen LogP) is 1.74. The number of aromatic amines is 1. The van der Waals surface area contributed by atoms with E-state index in [1.54, 1.807) is 30.3 Å². The molecule has 0 spiro atoms. The van der Waals surface area contributed by atoms with Gasteiger partial charge >= 0.3 is 5.69 Å². The Morgan fingerprint density at radius 3 is 2.55 bits per heavy atom. The molecule has 0 aliphatic carbocycles. The summed E-state index contributed by atoms with van der Waals surface area (Å²) in [5.41, 5.74) is 0.890. The quantitative estimate of drug-likeness (QED) is 0.533. The van der Waals surface area contributed by atoms with Crippen LogP contribution in [0.25, 0.3) is 22.2 Å². The Labute approximate surface area is 113 Å². The summed E-state index contributed by atoms with van der Waals surface area (Å²) in [5, 5.41) is 0.478. The normalized spacial score (nSPS) is 15.0. The predicted molar refractivity (Wildman–Crippen MR) is 73.3 cm³/mol. The van der Waals surface area contributed by atoms with Gasteiger partial charge in [-0.25, -0.2) is 13.2 Å². The minimum absolute atomic E-state index is 0.187. The molecule has 0 bridgehead atoms. The minimum Gasteiger partial charge on any atom is -0.305 e. The Bertz CT molecular complexity index is 1040. The summed E-state index contributed by atoms with van der Waals surface area (Å²) in [6.45, 7) is 0. The number of hydrogen-bond acceptors (Lipinski definition) is 4. The van der Waals surface area contributed by atoms with Crippen LogP contribution in [0.1, 0.15) is 0 Å². The SMILES string of the molecule is O=c1nc2c3c(cccc3[nH]1)S(=O)(=O)c1ccccc1-2. The van der Waals surface area contributed by atoms with Crippen LogP contribution in [-0.4, -0.2) is 18.4 Å². The van der Waals surface area contributed by atoms with Gasteiger partial charge in [0.05, 0.1) is 21.0 Å². The summed E-state index contributed by atoms with van der Waals surface area (Å²) in [7, 11) is -3.58. The monoisotopic (exact) mass is 284 g/mol. The summed E-state index contributed by atoms with van der Waals surface area (Å²) in [4.78, 5) is 18.6. The fourth-order valence-electron chi connectivity index (χ4n) is 2.61. The van der Waals surface area contributed by atoms with Crippen molar-refractivity contribution >= 4 is 20.7 Å².